The topological polar surface area (TPSA) is 49.3 Å². The summed E-state index contributed by atoms with van der Waals surface area (Å²) in [4.78, 5) is 13.4. The van der Waals surface area contributed by atoms with Gasteiger partial charge >= 0.3 is 0 Å². The Morgan fingerprint density at radius 3 is 2.31 bits per heavy atom. The fraction of sp³-hybridized carbons (Fsp3) is 0.409. The van der Waals surface area contributed by atoms with Crippen molar-refractivity contribution in [2.45, 2.75) is 58.3 Å². The summed E-state index contributed by atoms with van der Waals surface area (Å²) >= 11 is 1.57. The molecule has 3 nitrogen and oxygen atoms in total. The maximum absolute atomic E-state index is 13.4. The number of halogens is 3. The Bertz CT molecular complexity index is 780. The van der Waals surface area contributed by atoms with E-state index in [0.29, 0.717) is 6.42 Å². The first-order valence-electron chi connectivity index (χ1n) is 9.43. The fourth-order valence-corrected chi connectivity index (χ4v) is 3.64. The Balaban J connectivity index is 3.01. The van der Waals surface area contributed by atoms with Crippen LogP contribution in [-0.4, -0.2) is 22.4 Å². The lowest BCUT2D eigenvalue weighted by Gasteiger charge is -2.18. The average molecular weight is 428 g/mol. The zero-order valence-corrected chi connectivity index (χ0v) is 18.0. The van der Waals surface area contributed by atoms with Crippen molar-refractivity contribution in [2.24, 2.45) is 0 Å². The van der Waals surface area contributed by atoms with Crippen molar-refractivity contribution in [1.82, 2.24) is 0 Å². The zero-order valence-electron chi connectivity index (χ0n) is 17.2. The molecule has 1 aromatic rings. The molecule has 1 rings (SSSR count). The van der Waals surface area contributed by atoms with E-state index in [1.54, 1.807) is 37.8 Å². The van der Waals surface area contributed by atoms with Crippen LogP contribution in [0.1, 0.15) is 47.0 Å². The van der Waals surface area contributed by atoms with Gasteiger partial charge in [-0.25, -0.2) is 13.2 Å². The molecule has 0 aliphatic heterocycles. The summed E-state index contributed by atoms with van der Waals surface area (Å²) in [6, 6.07) is 1.45. The minimum atomic E-state index is -1.59. The average Bonchev–Trinajstić information content (AvgIpc) is 2.65. The third-order valence-electron chi connectivity index (χ3n) is 4.18. The van der Waals surface area contributed by atoms with Crippen molar-refractivity contribution in [2.75, 3.05) is 5.32 Å². The molecule has 2 unspecified atom stereocenters. The number of amides is 1. The van der Waals surface area contributed by atoms with Gasteiger partial charge in [-0.15, -0.1) is 11.8 Å². The fourth-order valence-electron chi connectivity index (χ4n) is 2.46. The van der Waals surface area contributed by atoms with E-state index in [0.717, 1.165) is 35.5 Å². The van der Waals surface area contributed by atoms with Gasteiger partial charge in [-0.1, -0.05) is 19.6 Å². The van der Waals surface area contributed by atoms with Crippen molar-refractivity contribution < 1.29 is 23.1 Å². The molecule has 0 aromatic heterocycles. The van der Waals surface area contributed by atoms with Crippen LogP contribution in [0.3, 0.4) is 0 Å². The van der Waals surface area contributed by atoms with Gasteiger partial charge in [-0.05, 0) is 51.7 Å². The molecule has 0 radical (unpaired) electrons. The molecule has 7 heteroatoms. The smallest absolute Gasteiger partial charge is 0.255 e. The van der Waals surface area contributed by atoms with Gasteiger partial charge in [0.1, 0.15) is 0 Å². The number of anilines is 1. The van der Waals surface area contributed by atoms with Crippen LogP contribution in [0.5, 0.6) is 0 Å². The summed E-state index contributed by atoms with van der Waals surface area (Å²) in [5.74, 6) is -4.91. The van der Waals surface area contributed by atoms with Gasteiger partial charge in [0, 0.05) is 33.5 Å². The number of benzene rings is 1. The molecular formula is C22H28F3NO2S. The van der Waals surface area contributed by atoms with Crippen LogP contribution >= 0.6 is 11.8 Å². The molecule has 160 valence electrons. The molecule has 0 heterocycles. The van der Waals surface area contributed by atoms with Crippen LogP contribution in [0.4, 0.5) is 18.9 Å². The quantitative estimate of drug-likeness (QED) is 0.269. The first kappa shape index (κ1) is 25.0. The van der Waals surface area contributed by atoms with Crippen molar-refractivity contribution >= 4 is 23.4 Å². The largest absolute Gasteiger partial charge is 0.393 e. The van der Waals surface area contributed by atoms with E-state index in [4.69, 9.17) is 0 Å². The maximum Gasteiger partial charge on any atom is 0.255 e. The molecule has 0 aliphatic carbocycles. The molecule has 2 N–H and O–H groups in total. The number of hydrogen-bond acceptors (Lipinski definition) is 3. The van der Waals surface area contributed by atoms with Gasteiger partial charge < -0.3 is 10.4 Å². The number of hydrogen-bond donors (Lipinski definition) is 2. The van der Waals surface area contributed by atoms with Crippen LogP contribution in [0.15, 0.2) is 46.9 Å². The molecule has 0 saturated heterocycles. The highest BCUT2D eigenvalue weighted by Gasteiger charge is 2.16. The number of carbonyl (C=O) groups excluding carboxylic acids is 1. The van der Waals surface area contributed by atoms with E-state index in [1.165, 1.54) is 0 Å². The predicted molar refractivity (Wildman–Crippen MR) is 114 cm³/mol. The number of nitrogens with one attached hydrogen (secondary N) is 1. The van der Waals surface area contributed by atoms with Crippen LogP contribution in [0, 0.1) is 17.5 Å². The summed E-state index contributed by atoms with van der Waals surface area (Å²) in [6.07, 6.45) is 5.24. The standard InChI is InChI=1S/C22H28F3NO2S/c1-6-15(22(28)26-16-11-18(23)21(25)19(24)12-16)10-20(13(3)4)29-17(7-2)9-8-14(5)27/h6,10-12,14,17,27H,3,7-9H2,1-2,4-5H3,(H,26,28)/b15-6+,20-10+. The van der Waals surface area contributed by atoms with Crippen molar-refractivity contribution in [1.29, 1.82) is 0 Å². The van der Waals surface area contributed by atoms with Gasteiger partial charge in [0.25, 0.3) is 5.91 Å². The molecule has 0 saturated carbocycles. The maximum atomic E-state index is 13.4. The van der Waals surface area contributed by atoms with Crippen LogP contribution < -0.4 is 5.32 Å². The molecule has 1 aromatic carbocycles. The van der Waals surface area contributed by atoms with Crippen LogP contribution in [-0.2, 0) is 4.79 Å². The lowest BCUT2D eigenvalue weighted by atomic mass is 10.1. The van der Waals surface area contributed by atoms with E-state index >= 15 is 0 Å². The number of carbonyl (C=O) groups is 1. The summed E-state index contributed by atoms with van der Waals surface area (Å²) in [5.41, 5.74) is 0.884. The molecule has 0 bridgehead atoms. The van der Waals surface area contributed by atoms with E-state index in [2.05, 4.69) is 18.8 Å². The number of aliphatic hydroxyl groups is 1. The van der Waals surface area contributed by atoms with E-state index in [-0.39, 0.29) is 22.6 Å². The summed E-state index contributed by atoms with van der Waals surface area (Å²) in [7, 11) is 0. The second-order valence-electron chi connectivity index (χ2n) is 6.82. The Morgan fingerprint density at radius 2 is 1.86 bits per heavy atom. The number of rotatable bonds is 10. The van der Waals surface area contributed by atoms with Crippen molar-refractivity contribution in [3.8, 4) is 0 Å². The van der Waals surface area contributed by atoms with Gasteiger partial charge in [-0.2, -0.15) is 0 Å². The third kappa shape index (κ3) is 8.11. The van der Waals surface area contributed by atoms with Gasteiger partial charge in [0.2, 0.25) is 0 Å². The molecule has 29 heavy (non-hydrogen) atoms. The Kier molecular flexibility index (Phi) is 10.3. The Labute approximate surface area is 174 Å². The lowest BCUT2D eigenvalue weighted by molar-refractivity contribution is -0.112. The second-order valence-corrected chi connectivity index (χ2v) is 8.16. The van der Waals surface area contributed by atoms with Crippen molar-refractivity contribution in [3.05, 3.63) is 64.4 Å². The number of aliphatic hydroxyl groups excluding tert-OH is 1. The minimum Gasteiger partial charge on any atom is -0.393 e. The second kappa shape index (κ2) is 11.9. The summed E-state index contributed by atoms with van der Waals surface area (Å²) < 4.78 is 39.8. The van der Waals surface area contributed by atoms with E-state index < -0.39 is 23.4 Å². The van der Waals surface area contributed by atoms with Crippen LogP contribution in [0.2, 0.25) is 0 Å². The van der Waals surface area contributed by atoms with Crippen molar-refractivity contribution in [3.63, 3.8) is 0 Å². The first-order chi connectivity index (χ1) is 13.6. The van der Waals surface area contributed by atoms with E-state index in [9.17, 15) is 23.1 Å². The summed E-state index contributed by atoms with van der Waals surface area (Å²) in [6.45, 7) is 11.3. The SMILES string of the molecule is C=C(C)/C(=C\C(=C/C)C(=O)Nc1cc(F)c(F)c(F)c1)SC(CC)CCC(C)O. The lowest BCUT2D eigenvalue weighted by Crippen LogP contribution is -2.14. The molecule has 1 amide bonds. The number of allylic oxidation sites excluding steroid dienone is 2. The predicted octanol–water partition coefficient (Wildman–Crippen LogP) is 6.12. The highest BCUT2D eigenvalue weighted by atomic mass is 32.2. The van der Waals surface area contributed by atoms with Gasteiger partial charge in [0.05, 0.1) is 6.10 Å². The summed E-state index contributed by atoms with van der Waals surface area (Å²) in [5, 5.41) is 12.1. The highest BCUT2D eigenvalue weighted by molar-refractivity contribution is 8.03. The highest BCUT2D eigenvalue weighted by Crippen LogP contribution is 2.33. The third-order valence-corrected chi connectivity index (χ3v) is 5.80. The number of thioether (sulfide) groups is 1. The molecular weight excluding hydrogens is 399 g/mol. The first-order valence-corrected chi connectivity index (χ1v) is 10.3. The minimum absolute atomic E-state index is 0.174. The zero-order chi connectivity index (χ0) is 22.1. The monoisotopic (exact) mass is 427 g/mol. The molecule has 0 aliphatic rings. The molecule has 2 atom stereocenters. The van der Waals surface area contributed by atoms with Gasteiger partial charge in [-0.3, -0.25) is 4.79 Å². The van der Waals surface area contributed by atoms with E-state index in [1.807, 2.05) is 6.92 Å². The Morgan fingerprint density at radius 1 is 1.28 bits per heavy atom. The molecule has 0 spiro atoms. The van der Waals surface area contributed by atoms with Crippen LogP contribution in [0.25, 0.3) is 0 Å². The molecule has 0 fully saturated rings. The van der Waals surface area contributed by atoms with Gasteiger partial charge in [0.15, 0.2) is 17.5 Å². The Hall–Kier alpha value is -1.99. The normalized spacial score (nSPS) is 14.5.